The van der Waals surface area contributed by atoms with Crippen LogP contribution in [-0.4, -0.2) is 24.5 Å². The highest BCUT2D eigenvalue weighted by molar-refractivity contribution is 6.11. The van der Waals surface area contributed by atoms with Crippen LogP contribution in [0.1, 0.15) is 29.3 Å². The Kier molecular flexibility index (Phi) is 3.49. The number of hydrogen-bond donors (Lipinski definition) is 1. The lowest BCUT2D eigenvalue weighted by Gasteiger charge is -2.31. The Balaban J connectivity index is 1.75. The molecule has 0 aliphatic carbocycles. The fourth-order valence-electron chi connectivity index (χ4n) is 3.29. The summed E-state index contributed by atoms with van der Waals surface area (Å²) in [6.07, 6.45) is 1.31. The Morgan fingerprint density at radius 1 is 1.21 bits per heavy atom. The standard InChI is InChI=1S/C19H18N2O3/c1-12-18(22)20-15-9-4-8-14(17(15)24-12)19(23)21-11-5-7-13-6-2-3-10-16(13)21/h2-4,6,8-10,12H,5,7,11H2,1H3,(H,20,22). The van der Waals surface area contributed by atoms with Crippen LogP contribution in [0.2, 0.25) is 0 Å². The molecule has 1 atom stereocenters. The van der Waals surface area contributed by atoms with Gasteiger partial charge in [0.05, 0.1) is 11.3 Å². The van der Waals surface area contributed by atoms with Crippen LogP contribution in [0.4, 0.5) is 11.4 Å². The maximum atomic E-state index is 13.2. The smallest absolute Gasteiger partial charge is 0.265 e. The van der Waals surface area contributed by atoms with Crippen molar-refractivity contribution in [2.75, 3.05) is 16.8 Å². The van der Waals surface area contributed by atoms with Gasteiger partial charge in [-0.25, -0.2) is 0 Å². The zero-order valence-electron chi connectivity index (χ0n) is 13.4. The molecule has 4 rings (SSSR count). The van der Waals surface area contributed by atoms with E-state index in [1.807, 2.05) is 18.2 Å². The molecular formula is C19H18N2O3. The van der Waals surface area contributed by atoms with Crippen molar-refractivity contribution in [2.45, 2.75) is 25.9 Å². The maximum absolute atomic E-state index is 13.2. The predicted molar refractivity (Wildman–Crippen MR) is 91.6 cm³/mol. The SMILES string of the molecule is CC1Oc2c(cccc2C(=O)N2CCCc3ccccc32)NC1=O. The van der Waals surface area contributed by atoms with Gasteiger partial charge in [-0.05, 0) is 43.5 Å². The van der Waals surface area contributed by atoms with Crippen LogP contribution >= 0.6 is 0 Å². The van der Waals surface area contributed by atoms with Crippen LogP contribution in [0.15, 0.2) is 42.5 Å². The topological polar surface area (TPSA) is 58.6 Å². The number of fused-ring (bicyclic) bond motifs is 2. The van der Waals surface area contributed by atoms with Gasteiger partial charge in [0.2, 0.25) is 0 Å². The molecule has 2 aromatic rings. The monoisotopic (exact) mass is 322 g/mol. The molecule has 0 fully saturated rings. The largest absolute Gasteiger partial charge is 0.478 e. The molecule has 1 N–H and O–H groups in total. The number of carbonyl (C=O) groups is 2. The van der Waals surface area contributed by atoms with Crippen LogP contribution in [0.3, 0.4) is 0 Å². The van der Waals surface area contributed by atoms with Crippen molar-refractivity contribution in [1.29, 1.82) is 0 Å². The Morgan fingerprint density at radius 2 is 2.04 bits per heavy atom. The number of benzene rings is 2. The van der Waals surface area contributed by atoms with Gasteiger partial charge in [0.15, 0.2) is 11.9 Å². The molecule has 2 aromatic carbocycles. The number of nitrogens with one attached hydrogen (secondary N) is 1. The van der Waals surface area contributed by atoms with Gasteiger partial charge >= 0.3 is 0 Å². The van der Waals surface area contributed by atoms with Crippen molar-refractivity contribution in [2.24, 2.45) is 0 Å². The van der Waals surface area contributed by atoms with Crippen molar-refractivity contribution in [3.8, 4) is 5.75 Å². The van der Waals surface area contributed by atoms with E-state index in [-0.39, 0.29) is 11.8 Å². The molecule has 0 radical (unpaired) electrons. The van der Waals surface area contributed by atoms with Crippen molar-refractivity contribution in [3.05, 3.63) is 53.6 Å². The average Bonchev–Trinajstić information content (AvgIpc) is 2.61. The molecule has 0 bridgehead atoms. The first-order valence-electron chi connectivity index (χ1n) is 8.15. The zero-order valence-corrected chi connectivity index (χ0v) is 13.4. The van der Waals surface area contributed by atoms with Crippen LogP contribution in [0, 0.1) is 0 Å². The third kappa shape index (κ3) is 2.33. The fraction of sp³-hybridized carbons (Fsp3) is 0.263. The number of anilines is 2. The first-order valence-corrected chi connectivity index (χ1v) is 8.15. The molecule has 0 saturated heterocycles. The number of hydrogen-bond acceptors (Lipinski definition) is 3. The summed E-state index contributed by atoms with van der Waals surface area (Å²) in [5.41, 5.74) is 3.18. The van der Waals surface area contributed by atoms with E-state index in [0.717, 1.165) is 18.5 Å². The van der Waals surface area contributed by atoms with Gasteiger partial charge in [-0.3, -0.25) is 9.59 Å². The molecule has 1 unspecified atom stereocenters. The van der Waals surface area contributed by atoms with Crippen LogP contribution in [-0.2, 0) is 11.2 Å². The van der Waals surface area contributed by atoms with E-state index in [4.69, 9.17) is 4.74 Å². The van der Waals surface area contributed by atoms with Crippen molar-refractivity contribution < 1.29 is 14.3 Å². The summed E-state index contributed by atoms with van der Waals surface area (Å²) in [5.74, 6) is 0.162. The number of aryl methyl sites for hydroxylation is 1. The molecule has 24 heavy (non-hydrogen) atoms. The van der Waals surface area contributed by atoms with Crippen molar-refractivity contribution in [3.63, 3.8) is 0 Å². The summed E-state index contributed by atoms with van der Waals surface area (Å²) < 4.78 is 5.72. The summed E-state index contributed by atoms with van der Waals surface area (Å²) in [6.45, 7) is 2.36. The van der Waals surface area contributed by atoms with E-state index in [0.29, 0.717) is 23.5 Å². The minimum atomic E-state index is -0.611. The van der Waals surface area contributed by atoms with Gasteiger partial charge < -0.3 is 15.0 Å². The van der Waals surface area contributed by atoms with E-state index in [1.54, 1.807) is 30.0 Å². The number of para-hydroxylation sites is 2. The van der Waals surface area contributed by atoms with Gasteiger partial charge in [0, 0.05) is 12.2 Å². The molecule has 0 saturated carbocycles. The molecule has 2 aliphatic rings. The second kappa shape index (κ2) is 5.67. The predicted octanol–water partition coefficient (Wildman–Crippen LogP) is 3.00. The van der Waals surface area contributed by atoms with Crippen molar-refractivity contribution >= 4 is 23.2 Å². The first kappa shape index (κ1) is 14.8. The second-order valence-electron chi connectivity index (χ2n) is 6.12. The molecule has 2 aliphatic heterocycles. The highest BCUT2D eigenvalue weighted by atomic mass is 16.5. The highest BCUT2D eigenvalue weighted by Crippen LogP contribution is 2.36. The lowest BCUT2D eigenvalue weighted by atomic mass is 10.0. The van der Waals surface area contributed by atoms with E-state index in [9.17, 15) is 9.59 Å². The molecule has 122 valence electrons. The summed E-state index contributed by atoms with van der Waals surface area (Å²) >= 11 is 0. The molecule has 2 heterocycles. The van der Waals surface area contributed by atoms with Crippen LogP contribution in [0.5, 0.6) is 5.75 Å². The summed E-state index contributed by atoms with van der Waals surface area (Å²) in [6, 6.07) is 13.3. The van der Waals surface area contributed by atoms with Crippen LogP contribution in [0.25, 0.3) is 0 Å². The Bertz CT molecular complexity index is 831. The molecule has 0 aromatic heterocycles. The van der Waals surface area contributed by atoms with E-state index >= 15 is 0 Å². The minimum Gasteiger partial charge on any atom is -0.478 e. The molecule has 5 heteroatoms. The van der Waals surface area contributed by atoms with E-state index < -0.39 is 6.10 Å². The molecular weight excluding hydrogens is 304 g/mol. The fourth-order valence-corrected chi connectivity index (χ4v) is 3.29. The zero-order chi connectivity index (χ0) is 16.7. The van der Waals surface area contributed by atoms with Gasteiger partial charge in [-0.15, -0.1) is 0 Å². The van der Waals surface area contributed by atoms with E-state index in [2.05, 4.69) is 11.4 Å². The number of amides is 2. The molecule has 0 spiro atoms. The second-order valence-corrected chi connectivity index (χ2v) is 6.12. The van der Waals surface area contributed by atoms with E-state index in [1.165, 1.54) is 5.56 Å². The summed E-state index contributed by atoms with van der Waals surface area (Å²) in [7, 11) is 0. The quantitative estimate of drug-likeness (QED) is 0.878. The van der Waals surface area contributed by atoms with Crippen molar-refractivity contribution in [1.82, 2.24) is 0 Å². The van der Waals surface area contributed by atoms with Gasteiger partial charge in [0.25, 0.3) is 11.8 Å². The maximum Gasteiger partial charge on any atom is 0.265 e. The summed E-state index contributed by atoms with van der Waals surface area (Å²) in [4.78, 5) is 26.7. The number of nitrogens with zero attached hydrogens (tertiary/aromatic N) is 1. The van der Waals surface area contributed by atoms with Crippen LogP contribution < -0.4 is 15.0 Å². The number of rotatable bonds is 1. The first-order chi connectivity index (χ1) is 11.6. The minimum absolute atomic E-state index is 0.0950. The molecule has 2 amide bonds. The third-order valence-electron chi connectivity index (χ3n) is 4.52. The third-order valence-corrected chi connectivity index (χ3v) is 4.52. The number of carbonyl (C=O) groups excluding carboxylic acids is 2. The average molecular weight is 322 g/mol. The Morgan fingerprint density at radius 3 is 2.92 bits per heavy atom. The lowest BCUT2D eigenvalue weighted by molar-refractivity contribution is -0.122. The Hall–Kier alpha value is -2.82. The molecule has 5 nitrogen and oxygen atoms in total. The highest BCUT2D eigenvalue weighted by Gasteiger charge is 2.31. The van der Waals surface area contributed by atoms with Gasteiger partial charge in [0.1, 0.15) is 0 Å². The number of ether oxygens (including phenoxy) is 1. The summed E-state index contributed by atoms with van der Waals surface area (Å²) in [5, 5.41) is 2.79. The Labute approximate surface area is 140 Å². The normalized spacial score (nSPS) is 19.0. The lowest BCUT2D eigenvalue weighted by Crippen LogP contribution is -2.38. The van der Waals surface area contributed by atoms with Gasteiger partial charge in [-0.1, -0.05) is 24.3 Å². The van der Waals surface area contributed by atoms with Gasteiger partial charge in [-0.2, -0.15) is 0 Å².